The molecule has 1 fully saturated rings. The second kappa shape index (κ2) is 7.53. The van der Waals surface area contributed by atoms with E-state index in [1.165, 1.54) is 7.11 Å². The van der Waals surface area contributed by atoms with E-state index in [4.69, 9.17) is 4.74 Å². The van der Waals surface area contributed by atoms with Gasteiger partial charge in [-0.25, -0.2) is 0 Å². The molecule has 1 N–H and O–H groups in total. The Morgan fingerprint density at radius 2 is 1.96 bits per heavy atom. The van der Waals surface area contributed by atoms with Crippen LogP contribution in [0.1, 0.15) is 25.1 Å². The number of pyridine rings is 1. The summed E-state index contributed by atoms with van der Waals surface area (Å²) >= 11 is 0. The Balaban J connectivity index is 1.86. The fraction of sp³-hybridized carbons (Fsp3) is 0.455. The van der Waals surface area contributed by atoms with E-state index in [1.807, 2.05) is 42.5 Å². The Hall–Kier alpha value is -2.44. The number of hydrogen-bond acceptors (Lipinski definition) is 5. The predicted octanol–water partition coefficient (Wildman–Crippen LogP) is 2.06. The fourth-order valence-corrected chi connectivity index (χ4v) is 5.03. The number of aromatic nitrogens is 1. The van der Waals surface area contributed by atoms with Crippen LogP contribution in [0.25, 0.3) is 11.1 Å². The van der Waals surface area contributed by atoms with Gasteiger partial charge in [0, 0.05) is 36.4 Å². The maximum atomic E-state index is 13.3. The summed E-state index contributed by atoms with van der Waals surface area (Å²) in [6.07, 6.45) is 0.936. The van der Waals surface area contributed by atoms with Crippen LogP contribution in [0.3, 0.4) is 0 Å². The van der Waals surface area contributed by atoms with Gasteiger partial charge in [0.25, 0.3) is 5.56 Å². The van der Waals surface area contributed by atoms with E-state index in [0.717, 1.165) is 24.2 Å². The van der Waals surface area contributed by atoms with Crippen molar-refractivity contribution >= 4 is 5.97 Å². The Morgan fingerprint density at radius 1 is 1.21 bits per heavy atom. The van der Waals surface area contributed by atoms with Crippen molar-refractivity contribution in [1.82, 2.24) is 9.47 Å². The molecular weight excluding hydrogens is 356 g/mol. The first-order valence-corrected chi connectivity index (χ1v) is 9.86. The van der Waals surface area contributed by atoms with Crippen LogP contribution < -0.4 is 5.56 Å². The van der Waals surface area contributed by atoms with Crippen LogP contribution in [-0.4, -0.2) is 46.8 Å². The summed E-state index contributed by atoms with van der Waals surface area (Å²) in [6.45, 7) is 3.29. The normalized spacial score (nSPS) is 26.1. The average molecular weight is 382 g/mol. The van der Waals surface area contributed by atoms with Gasteiger partial charge >= 0.3 is 5.97 Å². The van der Waals surface area contributed by atoms with Gasteiger partial charge in [0.2, 0.25) is 0 Å². The van der Waals surface area contributed by atoms with Crippen molar-refractivity contribution in [3.8, 4) is 11.1 Å². The Morgan fingerprint density at radius 3 is 2.61 bits per heavy atom. The first-order valence-electron chi connectivity index (χ1n) is 9.86. The van der Waals surface area contributed by atoms with Crippen molar-refractivity contribution in [3.63, 3.8) is 0 Å². The van der Waals surface area contributed by atoms with Crippen LogP contribution in [-0.2, 0) is 16.1 Å². The minimum Gasteiger partial charge on any atom is -0.469 e. The Bertz CT molecular complexity index is 924. The third-order valence-corrected chi connectivity index (χ3v) is 6.21. The molecule has 3 heterocycles. The molecule has 0 saturated carbocycles. The highest BCUT2D eigenvalue weighted by Crippen LogP contribution is 2.48. The molecule has 0 radical (unpaired) electrons. The third-order valence-electron chi connectivity index (χ3n) is 6.21. The summed E-state index contributed by atoms with van der Waals surface area (Å²) in [5, 5.41) is 10.1. The number of benzene rings is 1. The zero-order chi connectivity index (χ0) is 19.8. The molecule has 1 aromatic heterocycles. The molecule has 148 valence electrons. The lowest BCUT2D eigenvalue weighted by Gasteiger charge is -2.38. The second-order valence-corrected chi connectivity index (χ2v) is 7.60. The van der Waals surface area contributed by atoms with E-state index in [1.54, 1.807) is 4.57 Å². The highest BCUT2D eigenvalue weighted by molar-refractivity contribution is 5.75. The first-order chi connectivity index (χ1) is 13.6. The number of methoxy groups -OCH3 is 1. The Labute approximate surface area is 164 Å². The molecule has 4 rings (SSSR count). The molecule has 2 aliphatic rings. The quantitative estimate of drug-likeness (QED) is 0.802. The lowest BCUT2D eigenvalue weighted by Crippen LogP contribution is -2.46. The molecular formula is C22H26N2O4. The average Bonchev–Trinajstić information content (AvgIpc) is 2.93. The number of carbonyl (C=O) groups is 1. The molecule has 0 unspecified atom stereocenters. The number of carbonyl (C=O) groups excluding carboxylic acids is 1. The van der Waals surface area contributed by atoms with E-state index >= 15 is 0 Å². The topological polar surface area (TPSA) is 71.8 Å². The van der Waals surface area contributed by atoms with Gasteiger partial charge < -0.3 is 14.4 Å². The zero-order valence-corrected chi connectivity index (χ0v) is 16.2. The van der Waals surface area contributed by atoms with Gasteiger partial charge in [-0.2, -0.15) is 0 Å². The monoisotopic (exact) mass is 382 g/mol. The molecule has 1 saturated heterocycles. The van der Waals surface area contributed by atoms with E-state index in [0.29, 0.717) is 12.1 Å². The molecule has 0 amide bonds. The predicted molar refractivity (Wildman–Crippen MR) is 106 cm³/mol. The van der Waals surface area contributed by atoms with Crippen LogP contribution in [0, 0.1) is 11.8 Å². The SMILES string of the molecule is CCCN1[C@@H]2Cn3c(ccc(-c4ccccc4)c3=O)[C@H]1[C@@H](C(=O)OC)[C@@H]2CO. The van der Waals surface area contributed by atoms with Crippen LogP contribution in [0.4, 0.5) is 0 Å². The number of aliphatic hydroxyl groups excluding tert-OH is 1. The van der Waals surface area contributed by atoms with Crippen molar-refractivity contribution in [2.24, 2.45) is 11.8 Å². The minimum atomic E-state index is -0.470. The number of esters is 1. The maximum absolute atomic E-state index is 13.3. The molecule has 1 aromatic carbocycles. The summed E-state index contributed by atoms with van der Waals surface area (Å²) in [6, 6.07) is 13.1. The molecule has 2 bridgehead atoms. The molecule has 4 atom stereocenters. The van der Waals surface area contributed by atoms with Crippen molar-refractivity contribution < 1.29 is 14.6 Å². The number of aliphatic hydroxyl groups is 1. The number of fused-ring (bicyclic) bond motifs is 4. The summed E-state index contributed by atoms with van der Waals surface area (Å²) in [7, 11) is 1.38. The number of nitrogens with zero attached hydrogens (tertiary/aromatic N) is 2. The van der Waals surface area contributed by atoms with Gasteiger partial charge in [-0.1, -0.05) is 37.3 Å². The van der Waals surface area contributed by atoms with Crippen molar-refractivity contribution in [3.05, 3.63) is 58.5 Å². The zero-order valence-electron chi connectivity index (χ0n) is 16.2. The number of ether oxygens (including phenoxy) is 1. The van der Waals surface area contributed by atoms with Gasteiger partial charge in [-0.3, -0.25) is 14.5 Å². The molecule has 0 spiro atoms. The summed E-state index contributed by atoms with van der Waals surface area (Å²) < 4.78 is 6.88. The molecule has 0 aliphatic carbocycles. The number of rotatable bonds is 5. The third kappa shape index (κ3) is 2.79. The molecule has 2 aliphatic heterocycles. The highest BCUT2D eigenvalue weighted by Gasteiger charge is 2.55. The largest absolute Gasteiger partial charge is 0.469 e. The summed E-state index contributed by atoms with van der Waals surface area (Å²) in [5.41, 5.74) is 2.33. The van der Waals surface area contributed by atoms with Crippen LogP contribution in [0.2, 0.25) is 0 Å². The lowest BCUT2D eigenvalue weighted by atomic mass is 9.87. The van der Waals surface area contributed by atoms with E-state index in [-0.39, 0.29) is 36.1 Å². The summed E-state index contributed by atoms with van der Waals surface area (Å²) in [4.78, 5) is 28.2. The Kier molecular flexibility index (Phi) is 5.08. The fourth-order valence-electron chi connectivity index (χ4n) is 5.03. The van der Waals surface area contributed by atoms with Crippen molar-refractivity contribution in [2.75, 3.05) is 20.3 Å². The molecule has 2 aromatic rings. The molecule has 6 heteroatoms. The van der Waals surface area contributed by atoms with Gasteiger partial charge in [-0.15, -0.1) is 0 Å². The van der Waals surface area contributed by atoms with E-state index < -0.39 is 5.92 Å². The van der Waals surface area contributed by atoms with Gasteiger partial charge in [0.15, 0.2) is 0 Å². The molecule has 28 heavy (non-hydrogen) atoms. The summed E-state index contributed by atoms with van der Waals surface area (Å²) in [5.74, 6) is -1.04. The lowest BCUT2D eigenvalue weighted by molar-refractivity contribution is -0.148. The smallest absolute Gasteiger partial charge is 0.311 e. The van der Waals surface area contributed by atoms with E-state index in [2.05, 4.69) is 11.8 Å². The maximum Gasteiger partial charge on any atom is 0.311 e. The van der Waals surface area contributed by atoms with Gasteiger partial charge in [-0.05, 0) is 30.7 Å². The van der Waals surface area contributed by atoms with Gasteiger partial charge in [0.05, 0.1) is 19.1 Å². The van der Waals surface area contributed by atoms with Crippen molar-refractivity contribution in [1.29, 1.82) is 0 Å². The second-order valence-electron chi connectivity index (χ2n) is 7.60. The standard InChI is InChI=1S/C22H26N2O4/c1-3-11-23-18-12-24-17(20(23)19(16(18)13-25)22(27)28-2)10-9-15(21(24)26)14-7-5-4-6-8-14/h4-10,16,18-20,25H,3,11-13H2,1-2H3/t16-,18-,19+,20+/m1/s1. The molecule has 6 nitrogen and oxygen atoms in total. The number of hydrogen-bond donors (Lipinski definition) is 1. The van der Waals surface area contributed by atoms with Gasteiger partial charge in [0.1, 0.15) is 0 Å². The van der Waals surface area contributed by atoms with Crippen molar-refractivity contribution in [2.45, 2.75) is 32.0 Å². The van der Waals surface area contributed by atoms with E-state index in [9.17, 15) is 14.7 Å². The van der Waals surface area contributed by atoms with Crippen LogP contribution >= 0.6 is 0 Å². The van der Waals surface area contributed by atoms with Crippen LogP contribution in [0.15, 0.2) is 47.3 Å². The highest BCUT2D eigenvalue weighted by atomic mass is 16.5. The minimum absolute atomic E-state index is 0.0444. The first kappa shape index (κ1) is 18.9. The van der Waals surface area contributed by atoms with Crippen LogP contribution in [0.5, 0.6) is 0 Å².